The second-order valence-corrected chi connectivity index (χ2v) is 5.23. The van der Waals surface area contributed by atoms with Crippen LogP contribution in [-0.2, 0) is 10.0 Å². The normalized spacial score (nSPS) is 11.2. The third-order valence-electron chi connectivity index (χ3n) is 2.18. The Balaban J connectivity index is 3.27. The fourth-order valence-corrected chi connectivity index (χ4v) is 2.50. The molecule has 1 aromatic rings. The minimum atomic E-state index is -3.68. The zero-order valence-corrected chi connectivity index (χ0v) is 11.0. The van der Waals surface area contributed by atoms with Gasteiger partial charge in [-0.25, -0.2) is 13.1 Å². The lowest BCUT2D eigenvalue weighted by Gasteiger charge is -2.08. The molecule has 1 rings (SSSR count). The first-order valence-electron chi connectivity index (χ1n) is 5.44. The summed E-state index contributed by atoms with van der Waals surface area (Å²) in [5.41, 5.74) is 0.0498. The number of nitrogens with one attached hydrogen (secondary N) is 2. The van der Waals surface area contributed by atoms with Gasteiger partial charge in [0.1, 0.15) is 5.69 Å². The SMILES string of the molecule is CCNc1ccc(S(=O)(=O)NCC)cc1[N+](=O)[O-]. The van der Waals surface area contributed by atoms with Gasteiger partial charge in [0.2, 0.25) is 10.0 Å². The van der Waals surface area contributed by atoms with Crippen molar-refractivity contribution in [3.8, 4) is 0 Å². The second-order valence-electron chi connectivity index (χ2n) is 3.47. The van der Waals surface area contributed by atoms with E-state index in [1.165, 1.54) is 12.1 Å². The van der Waals surface area contributed by atoms with Gasteiger partial charge in [-0.1, -0.05) is 6.92 Å². The number of rotatable bonds is 6. The summed E-state index contributed by atoms with van der Waals surface area (Å²) < 4.78 is 25.7. The molecule has 0 aliphatic rings. The van der Waals surface area contributed by atoms with Crippen LogP contribution in [0.15, 0.2) is 23.1 Å². The molecule has 0 aromatic heterocycles. The van der Waals surface area contributed by atoms with E-state index in [2.05, 4.69) is 10.0 Å². The number of nitrogens with zero attached hydrogens (tertiary/aromatic N) is 1. The minimum Gasteiger partial charge on any atom is -0.380 e. The molecule has 0 heterocycles. The van der Waals surface area contributed by atoms with Crippen LogP contribution in [0.4, 0.5) is 11.4 Å². The number of sulfonamides is 1. The Morgan fingerprint density at radius 1 is 1.28 bits per heavy atom. The average molecular weight is 273 g/mol. The van der Waals surface area contributed by atoms with Crippen molar-refractivity contribution in [1.82, 2.24) is 4.72 Å². The monoisotopic (exact) mass is 273 g/mol. The highest BCUT2D eigenvalue weighted by Crippen LogP contribution is 2.27. The van der Waals surface area contributed by atoms with Crippen molar-refractivity contribution in [2.24, 2.45) is 0 Å². The molecule has 7 nitrogen and oxygen atoms in total. The van der Waals surface area contributed by atoms with Crippen LogP contribution in [0.1, 0.15) is 13.8 Å². The zero-order valence-electron chi connectivity index (χ0n) is 10.1. The molecule has 0 radical (unpaired) electrons. The smallest absolute Gasteiger partial charge is 0.293 e. The molecule has 0 saturated heterocycles. The van der Waals surface area contributed by atoms with Crippen molar-refractivity contribution >= 4 is 21.4 Å². The van der Waals surface area contributed by atoms with Crippen LogP contribution < -0.4 is 10.0 Å². The van der Waals surface area contributed by atoms with Crippen LogP contribution in [-0.4, -0.2) is 26.4 Å². The molecule has 8 heteroatoms. The molecule has 0 aliphatic heterocycles. The predicted octanol–water partition coefficient (Wildman–Crippen LogP) is 1.32. The van der Waals surface area contributed by atoms with E-state index in [1.54, 1.807) is 13.8 Å². The van der Waals surface area contributed by atoms with Gasteiger partial charge in [0.15, 0.2) is 0 Å². The fraction of sp³-hybridized carbons (Fsp3) is 0.400. The van der Waals surface area contributed by atoms with E-state index in [-0.39, 0.29) is 17.1 Å². The number of nitro groups is 1. The van der Waals surface area contributed by atoms with Gasteiger partial charge in [0, 0.05) is 19.2 Å². The van der Waals surface area contributed by atoms with Crippen molar-refractivity contribution in [1.29, 1.82) is 0 Å². The van der Waals surface area contributed by atoms with Crippen molar-refractivity contribution in [2.75, 3.05) is 18.4 Å². The highest BCUT2D eigenvalue weighted by molar-refractivity contribution is 7.89. The Morgan fingerprint density at radius 2 is 1.94 bits per heavy atom. The lowest BCUT2D eigenvalue weighted by atomic mass is 10.2. The lowest BCUT2D eigenvalue weighted by Crippen LogP contribution is -2.23. The Labute approximate surface area is 105 Å². The van der Waals surface area contributed by atoms with E-state index in [4.69, 9.17) is 0 Å². The summed E-state index contributed by atoms with van der Waals surface area (Å²) in [5, 5.41) is 13.7. The molecule has 0 atom stereocenters. The van der Waals surface area contributed by atoms with Gasteiger partial charge in [-0.3, -0.25) is 10.1 Å². The molecular formula is C10H15N3O4S. The van der Waals surface area contributed by atoms with Gasteiger partial charge < -0.3 is 5.32 Å². The third kappa shape index (κ3) is 3.17. The summed E-state index contributed by atoms with van der Waals surface area (Å²) in [6, 6.07) is 3.78. The number of benzene rings is 1. The van der Waals surface area contributed by atoms with Gasteiger partial charge in [0.05, 0.1) is 9.82 Å². The summed E-state index contributed by atoms with van der Waals surface area (Å²) >= 11 is 0. The van der Waals surface area contributed by atoms with Gasteiger partial charge in [-0.05, 0) is 19.1 Å². The molecule has 0 spiro atoms. The number of hydrogen-bond acceptors (Lipinski definition) is 5. The van der Waals surface area contributed by atoms with Gasteiger partial charge in [-0.2, -0.15) is 0 Å². The highest BCUT2D eigenvalue weighted by atomic mass is 32.2. The number of hydrogen-bond donors (Lipinski definition) is 2. The van der Waals surface area contributed by atoms with E-state index in [1.807, 2.05) is 0 Å². The standard InChI is InChI=1S/C10H15N3O4S/c1-3-11-9-6-5-8(7-10(9)13(14)15)18(16,17)12-4-2/h5-7,11-12H,3-4H2,1-2H3. The van der Waals surface area contributed by atoms with Crippen LogP contribution in [0.3, 0.4) is 0 Å². The van der Waals surface area contributed by atoms with Crippen LogP contribution in [0, 0.1) is 10.1 Å². The maximum atomic E-state index is 11.7. The molecule has 1 aromatic carbocycles. The van der Waals surface area contributed by atoms with Crippen molar-refractivity contribution in [3.63, 3.8) is 0 Å². The molecule has 0 saturated carbocycles. The zero-order chi connectivity index (χ0) is 13.8. The molecule has 0 fully saturated rings. The Kier molecular flexibility index (Phi) is 4.62. The van der Waals surface area contributed by atoms with Crippen LogP contribution in [0.5, 0.6) is 0 Å². The van der Waals surface area contributed by atoms with Crippen LogP contribution in [0.2, 0.25) is 0 Å². The third-order valence-corrected chi connectivity index (χ3v) is 3.72. The summed E-state index contributed by atoms with van der Waals surface area (Å²) in [4.78, 5) is 10.2. The van der Waals surface area contributed by atoms with Crippen molar-refractivity contribution in [3.05, 3.63) is 28.3 Å². The summed E-state index contributed by atoms with van der Waals surface area (Å²) in [6.45, 7) is 4.18. The van der Waals surface area contributed by atoms with E-state index in [0.29, 0.717) is 12.2 Å². The maximum Gasteiger partial charge on any atom is 0.293 e. The molecule has 0 amide bonds. The molecular weight excluding hydrogens is 258 g/mol. The quantitative estimate of drug-likeness (QED) is 0.601. The first-order chi connectivity index (χ1) is 8.42. The second kappa shape index (κ2) is 5.78. The molecule has 18 heavy (non-hydrogen) atoms. The average Bonchev–Trinajstić information content (AvgIpc) is 2.29. The fourth-order valence-electron chi connectivity index (χ4n) is 1.44. The number of nitro benzene ring substituents is 1. The van der Waals surface area contributed by atoms with Crippen molar-refractivity contribution < 1.29 is 13.3 Å². The van der Waals surface area contributed by atoms with Crippen LogP contribution in [0.25, 0.3) is 0 Å². The first kappa shape index (κ1) is 14.4. The Morgan fingerprint density at radius 3 is 2.44 bits per heavy atom. The Hall–Kier alpha value is -1.67. The summed E-state index contributed by atoms with van der Waals surface area (Å²) in [7, 11) is -3.68. The van der Waals surface area contributed by atoms with E-state index in [9.17, 15) is 18.5 Å². The highest BCUT2D eigenvalue weighted by Gasteiger charge is 2.20. The van der Waals surface area contributed by atoms with Gasteiger partial charge in [0.25, 0.3) is 5.69 Å². The Bertz CT molecular complexity index is 542. The summed E-state index contributed by atoms with van der Waals surface area (Å²) in [5.74, 6) is 0. The van der Waals surface area contributed by atoms with E-state index >= 15 is 0 Å². The first-order valence-corrected chi connectivity index (χ1v) is 6.92. The molecule has 100 valence electrons. The molecule has 0 unspecified atom stereocenters. The lowest BCUT2D eigenvalue weighted by molar-refractivity contribution is -0.384. The molecule has 0 bridgehead atoms. The van der Waals surface area contributed by atoms with Crippen LogP contribution >= 0.6 is 0 Å². The van der Waals surface area contributed by atoms with Gasteiger partial charge >= 0.3 is 0 Å². The van der Waals surface area contributed by atoms with Gasteiger partial charge in [-0.15, -0.1) is 0 Å². The van der Waals surface area contributed by atoms with E-state index < -0.39 is 14.9 Å². The topological polar surface area (TPSA) is 101 Å². The number of anilines is 1. The molecule has 2 N–H and O–H groups in total. The van der Waals surface area contributed by atoms with E-state index in [0.717, 1.165) is 6.07 Å². The minimum absolute atomic E-state index is 0.113. The predicted molar refractivity (Wildman–Crippen MR) is 68.1 cm³/mol. The maximum absolute atomic E-state index is 11.7. The largest absolute Gasteiger partial charge is 0.380 e. The van der Waals surface area contributed by atoms with Crippen molar-refractivity contribution in [2.45, 2.75) is 18.7 Å². The summed E-state index contributed by atoms with van der Waals surface area (Å²) in [6.07, 6.45) is 0. The molecule has 0 aliphatic carbocycles.